The second-order valence-corrected chi connectivity index (χ2v) is 7.03. The van der Waals surface area contributed by atoms with Crippen molar-refractivity contribution in [3.8, 4) is 0 Å². The highest BCUT2D eigenvalue weighted by molar-refractivity contribution is 5.91. The van der Waals surface area contributed by atoms with E-state index in [1.807, 2.05) is 6.08 Å². The summed E-state index contributed by atoms with van der Waals surface area (Å²) in [6, 6.07) is 0. The summed E-state index contributed by atoms with van der Waals surface area (Å²) >= 11 is 0. The number of ketones is 1. The first kappa shape index (κ1) is 13.6. The van der Waals surface area contributed by atoms with Crippen molar-refractivity contribution >= 4 is 5.78 Å². The van der Waals surface area contributed by atoms with Crippen LogP contribution < -0.4 is 5.32 Å². The van der Waals surface area contributed by atoms with E-state index in [0.29, 0.717) is 5.41 Å². The highest BCUT2D eigenvalue weighted by atomic mass is 16.1. The van der Waals surface area contributed by atoms with Gasteiger partial charge in [-0.15, -0.1) is 0 Å². The second kappa shape index (κ2) is 5.07. The first-order valence-corrected chi connectivity index (χ1v) is 7.38. The van der Waals surface area contributed by atoms with Crippen molar-refractivity contribution in [2.24, 2.45) is 23.2 Å². The van der Waals surface area contributed by atoms with Crippen LogP contribution in [0.5, 0.6) is 0 Å². The van der Waals surface area contributed by atoms with E-state index in [9.17, 15) is 4.79 Å². The molecule has 0 aromatic rings. The van der Waals surface area contributed by atoms with E-state index in [0.717, 1.165) is 49.3 Å². The molecule has 1 fully saturated rings. The lowest BCUT2D eigenvalue weighted by molar-refractivity contribution is -0.115. The van der Waals surface area contributed by atoms with Gasteiger partial charge in [-0.25, -0.2) is 0 Å². The number of nitrogens with one attached hydrogen (secondary N) is 1. The summed E-state index contributed by atoms with van der Waals surface area (Å²) in [6.07, 6.45) is 5.94. The van der Waals surface area contributed by atoms with Crippen LogP contribution >= 0.6 is 0 Å². The molecule has 102 valence electrons. The normalized spacial score (nSPS) is 30.3. The average Bonchev–Trinajstić information content (AvgIpc) is 2.76. The Hall–Kier alpha value is -0.790. The smallest absolute Gasteiger partial charge is 0.157 e. The second-order valence-electron chi connectivity index (χ2n) is 7.03. The molecular formula is C16H27NO. The molecule has 2 aliphatic rings. The highest BCUT2D eigenvalue weighted by Crippen LogP contribution is 2.60. The van der Waals surface area contributed by atoms with Gasteiger partial charge in [-0.1, -0.05) is 27.7 Å². The molecule has 0 aromatic carbocycles. The van der Waals surface area contributed by atoms with Gasteiger partial charge in [0.05, 0.1) is 0 Å². The maximum absolute atomic E-state index is 11.4. The van der Waals surface area contributed by atoms with E-state index in [1.54, 1.807) is 0 Å². The van der Waals surface area contributed by atoms with Gasteiger partial charge < -0.3 is 5.32 Å². The van der Waals surface area contributed by atoms with E-state index in [-0.39, 0.29) is 5.78 Å². The van der Waals surface area contributed by atoms with Crippen LogP contribution in [0.2, 0.25) is 0 Å². The summed E-state index contributed by atoms with van der Waals surface area (Å²) in [7, 11) is 0. The van der Waals surface area contributed by atoms with Crippen molar-refractivity contribution < 1.29 is 4.79 Å². The first-order chi connectivity index (χ1) is 8.41. The molecule has 2 heteroatoms. The maximum Gasteiger partial charge on any atom is 0.157 e. The topological polar surface area (TPSA) is 29.1 Å². The Balaban J connectivity index is 1.82. The average molecular weight is 249 g/mol. The standard InChI is InChI=1S/C16H27NO/c1-11(2)8-14-15(16(14,3)4)10-17-12-6-5-7-13(18)9-12/h9,11,14-15,17H,5-8,10H2,1-4H3. The van der Waals surface area contributed by atoms with Gasteiger partial charge in [-0.05, 0) is 42.4 Å². The predicted octanol–water partition coefficient (Wildman–Crippen LogP) is 3.53. The quantitative estimate of drug-likeness (QED) is 0.807. The van der Waals surface area contributed by atoms with Crippen molar-refractivity contribution in [1.29, 1.82) is 0 Å². The molecule has 0 radical (unpaired) electrons. The molecule has 1 N–H and O–H groups in total. The maximum atomic E-state index is 11.4. The van der Waals surface area contributed by atoms with Crippen molar-refractivity contribution in [3.05, 3.63) is 11.8 Å². The minimum Gasteiger partial charge on any atom is -0.388 e. The lowest BCUT2D eigenvalue weighted by Crippen LogP contribution is -2.21. The van der Waals surface area contributed by atoms with Gasteiger partial charge in [0.15, 0.2) is 5.78 Å². The summed E-state index contributed by atoms with van der Waals surface area (Å²) in [4.78, 5) is 11.4. The van der Waals surface area contributed by atoms with Crippen LogP contribution in [0.25, 0.3) is 0 Å². The molecule has 2 aliphatic carbocycles. The Morgan fingerprint density at radius 3 is 2.67 bits per heavy atom. The lowest BCUT2D eigenvalue weighted by Gasteiger charge is -2.14. The van der Waals surface area contributed by atoms with Gasteiger partial charge in [-0.2, -0.15) is 0 Å². The Labute approximate surface area is 111 Å². The first-order valence-electron chi connectivity index (χ1n) is 7.38. The Morgan fingerprint density at radius 2 is 2.06 bits per heavy atom. The molecule has 2 rings (SSSR count). The molecule has 0 spiro atoms. The summed E-state index contributed by atoms with van der Waals surface area (Å²) in [6.45, 7) is 10.4. The molecule has 2 atom stereocenters. The van der Waals surface area contributed by atoms with Gasteiger partial charge in [0.2, 0.25) is 0 Å². The summed E-state index contributed by atoms with van der Waals surface area (Å²) in [5, 5.41) is 3.51. The summed E-state index contributed by atoms with van der Waals surface area (Å²) < 4.78 is 0. The third kappa shape index (κ3) is 2.96. The third-order valence-electron chi connectivity index (χ3n) is 4.77. The molecule has 0 saturated heterocycles. The van der Waals surface area contributed by atoms with E-state index in [1.165, 1.54) is 6.42 Å². The molecule has 2 nitrogen and oxygen atoms in total. The van der Waals surface area contributed by atoms with Gasteiger partial charge >= 0.3 is 0 Å². The highest BCUT2D eigenvalue weighted by Gasteiger charge is 2.56. The van der Waals surface area contributed by atoms with Crippen molar-refractivity contribution in [1.82, 2.24) is 5.32 Å². The Bertz CT molecular complexity index is 354. The van der Waals surface area contributed by atoms with Crippen LogP contribution in [-0.2, 0) is 4.79 Å². The Morgan fingerprint density at radius 1 is 1.33 bits per heavy atom. The monoisotopic (exact) mass is 249 g/mol. The number of hydrogen-bond donors (Lipinski definition) is 1. The van der Waals surface area contributed by atoms with Gasteiger partial charge in [0.1, 0.15) is 0 Å². The van der Waals surface area contributed by atoms with E-state index < -0.39 is 0 Å². The zero-order chi connectivity index (χ0) is 13.3. The fourth-order valence-electron chi connectivity index (χ4n) is 3.41. The molecule has 0 heterocycles. The van der Waals surface area contributed by atoms with Gasteiger partial charge in [0.25, 0.3) is 0 Å². The number of carbonyl (C=O) groups is 1. The van der Waals surface area contributed by atoms with E-state index in [2.05, 4.69) is 33.0 Å². The van der Waals surface area contributed by atoms with E-state index >= 15 is 0 Å². The minimum absolute atomic E-state index is 0.289. The van der Waals surface area contributed by atoms with Crippen LogP contribution in [0, 0.1) is 23.2 Å². The van der Waals surface area contributed by atoms with Crippen LogP contribution in [0.1, 0.15) is 53.4 Å². The SMILES string of the molecule is CC(C)CC1C(CNC2=CC(=O)CCC2)C1(C)C. The van der Waals surface area contributed by atoms with Crippen LogP contribution in [-0.4, -0.2) is 12.3 Å². The molecule has 2 unspecified atom stereocenters. The molecule has 0 bridgehead atoms. The molecule has 0 amide bonds. The zero-order valence-electron chi connectivity index (χ0n) is 12.3. The molecule has 1 saturated carbocycles. The molecule has 18 heavy (non-hydrogen) atoms. The number of hydrogen-bond acceptors (Lipinski definition) is 2. The number of carbonyl (C=O) groups excluding carboxylic acids is 1. The summed E-state index contributed by atoms with van der Waals surface area (Å²) in [5.74, 6) is 2.70. The fraction of sp³-hybridized carbons (Fsp3) is 0.812. The molecule has 0 aromatic heterocycles. The van der Waals surface area contributed by atoms with Gasteiger partial charge in [0, 0.05) is 24.7 Å². The Kier molecular flexibility index (Phi) is 3.84. The molecular weight excluding hydrogens is 222 g/mol. The van der Waals surface area contributed by atoms with Crippen molar-refractivity contribution in [2.45, 2.75) is 53.4 Å². The van der Waals surface area contributed by atoms with Gasteiger partial charge in [-0.3, -0.25) is 4.79 Å². The summed E-state index contributed by atoms with van der Waals surface area (Å²) in [5.41, 5.74) is 1.65. The lowest BCUT2D eigenvalue weighted by atomic mass is 10.0. The predicted molar refractivity (Wildman–Crippen MR) is 75.2 cm³/mol. The minimum atomic E-state index is 0.289. The number of rotatable bonds is 5. The fourth-order valence-corrected chi connectivity index (χ4v) is 3.41. The van der Waals surface area contributed by atoms with Crippen LogP contribution in [0.15, 0.2) is 11.8 Å². The van der Waals surface area contributed by atoms with Crippen molar-refractivity contribution in [2.75, 3.05) is 6.54 Å². The van der Waals surface area contributed by atoms with Crippen LogP contribution in [0.4, 0.5) is 0 Å². The van der Waals surface area contributed by atoms with E-state index in [4.69, 9.17) is 0 Å². The van der Waals surface area contributed by atoms with Crippen molar-refractivity contribution in [3.63, 3.8) is 0 Å². The van der Waals surface area contributed by atoms with Crippen LogP contribution in [0.3, 0.4) is 0 Å². The third-order valence-corrected chi connectivity index (χ3v) is 4.77. The number of allylic oxidation sites excluding steroid dienone is 2. The molecule has 0 aliphatic heterocycles. The zero-order valence-corrected chi connectivity index (χ0v) is 12.3. The largest absolute Gasteiger partial charge is 0.388 e.